The maximum absolute atomic E-state index is 10.2. The molecule has 4 heteroatoms. The quantitative estimate of drug-likeness (QED) is 0.771. The summed E-state index contributed by atoms with van der Waals surface area (Å²) in [7, 11) is 0. The molecule has 1 aromatic rings. The first-order valence-corrected chi connectivity index (χ1v) is 5.41. The molecule has 0 saturated heterocycles. The molecule has 1 aromatic heterocycles. The molecule has 0 fully saturated rings. The van der Waals surface area contributed by atoms with Crippen LogP contribution in [-0.2, 0) is 4.79 Å². The lowest BCUT2D eigenvalue weighted by Gasteiger charge is -2.04. The highest BCUT2D eigenvalue weighted by Gasteiger charge is 2.09. The number of carbonyl (C=O) groups is 1. The maximum Gasteiger partial charge on any atom is 0.303 e. The van der Waals surface area contributed by atoms with Gasteiger partial charge in [-0.3, -0.25) is 4.79 Å². The van der Waals surface area contributed by atoms with Gasteiger partial charge in [0.2, 0.25) is 0 Å². The summed E-state index contributed by atoms with van der Waals surface area (Å²) in [6, 6.07) is 3.93. The van der Waals surface area contributed by atoms with Gasteiger partial charge in [-0.15, -0.1) is 22.9 Å². The first kappa shape index (κ1) is 10.5. The van der Waals surface area contributed by atoms with Crippen molar-refractivity contribution >= 4 is 28.9 Å². The highest BCUT2D eigenvalue weighted by molar-refractivity contribution is 7.10. The number of carboxylic acid groups (broad SMARTS) is 1. The Bertz CT molecular complexity index is 259. The summed E-state index contributed by atoms with van der Waals surface area (Å²) < 4.78 is 0. The number of alkyl halides is 1. The van der Waals surface area contributed by atoms with Gasteiger partial charge in [-0.05, 0) is 24.3 Å². The van der Waals surface area contributed by atoms with E-state index in [9.17, 15) is 4.79 Å². The smallest absolute Gasteiger partial charge is 0.303 e. The van der Waals surface area contributed by atoms with Crippen molar-refractivity contribution in [3.8, 4) is 0 Å². The van der Waals surface area contributed by atoms with E-state index in [1.807, 2.05) is 17.5 Å². The molecule has 1 unspecified atom stereocenters. The summed E-state index contributed by atoms with van der Waals surface area (Å²) in [4.78, 5) is 11.3. The summed E-state index contributed by atoms with van der Waals surface area (Å²) in [5.41, 5.74) is 0. The molecule has 1 heterocycles. The lowest BCUT2D eigenvalue weighted by molar-refractivity contribution is -0.137. The van der Waals surface area contributed by atoms with Crippen LogP contribution in [0.1, 0.15) is 29.5 Å². The molecule has 13 heavy (non-hydrogen) atoms. The van der Waals surface area contributed by atoms with Crippen molar-refractivity contribution in [1.82, 2.24) is 0 Å². The molecule has 0 aliphatic carbocycles. The van der Waals surface area contributed by atoms with E-state index >= 15 is 0 Å². The van der Waals surface area contributed by atoms with Crippen LogP contribution in [0.5, 0.6) is 0 Å². The fourth-order valence-corrected chi connectivity index (χ4v) is 2.16. The maximum atomic E-state index is 10.2. The second-order valence-corrected chi connectivity index (χ2v) is 4.28. The standard InChI is InChI=1S/C9H11ClO2S/c10-7(3-1-5-9(11)12)8-4-2-6-13-8/h2,4,6-7H,1,3,5H2,(H,11,12). The molecular weight excluding hydrogens is 208 g/mol. The Kier molecular flexibility index (Phi) is 4.25. The highest BCUT2D eigenvalue weighted by atomic mass is 35.5. The lowest BCUT2D eigenvalue weighted by atomic mass is 10.1. The summed E-state index contributed by atoms with van der Waals surface area (Å²) in [6.45, 7) is 0. The van der Waals surface area contributed by atoms with Gasteiger partial charge < -0.3 is 5.11 Å². The van der Waals surface area contributed by atoms with Crippen LogP contribution in [0.3, 0.4) is 0 Å². The van der Waals surface area contributed by atoms with Crippen LogP contribution >= 0.6 is 22.9 Å². The van der Waals surface area contributed by atoms with Gasteiger partial charge in [-0.2, -0.15) is 0 Å². The summed E-state index contributed by atoms with van der Waals surface area (Å²) >= 11 is 7.66. The molecule has 1 N–H and O–H groups in total. The van der Waals surface area contributed by atoms with Crippen molar-refractivity contribution in [2.75, 3.05) is 0 Å². The lowest BCUT2D eigenvalue weighted by Crippen LogP contribution is -1.95. The molecule has 0 bridgehead atoms. The van der Waals surface area contributed by atoms with Gasteiger partial charge >= 0.3 is 5.97 Å². The number of thiophene rings is 1. The second kappa shape index (κ2) is 5.25. The van der Waals surface area contributed by atoms with Gasteiger partial charge in [0.05, 0.1) is 5.38 Å². The van der Waals surface area contributed by atoms with E-state index in [-0.39, 0.29) is 11.8 Å². The predicted octanol–water partition coefficient (Wildman–Crippen LogP) is 3.28. The average Bonchev–Trinajstić information content (AvgIpc) is 2.55. The third kappa shape index (κ3) is 3.79. The molecule has 0 spiro atoms. The molecule has 0 amide bonds. The number of halogens is 1. The third-order valence-electron chi connectivity index (χ3n) is 1.70. The van der Waals surface area contributed by atoms with Gasteiger partial charge in [-0.25, -0.2) is 0 Å². The summed E-state index contributed by atoms with van der Waals surface area (Å²) in [5, 5.41) is 10.4. The van der Waals surface area contributed by atoms with E-state index < -0.39 is 5.97 Å². The number of aliphatic carboxylic acids is 1. The fraction of sp³-hybridized carbons (Fsp3) is 0.444. The van der Waals surface area contributed by atoms with Crippen LogP contribution in [-0.4, -0.2) is 11.1 Å². The van der Waals surface area contributed by atoms with Gasteiger partial charge in [0.1, 0.15) is 0 Å². The number of hydrogen-bond acceptors (Lipinski definition) is 2. The predicted molar refractivity (Wildman–Crippen MR) is 54.4 cm³/mol. The molecular formula is C9H11ClO2S. The summed E-state index contributed by atoms with van der Waals surface area (Å²) in [5.74, 6) is -0.755. The zero-order valence-corrected chi connectivity index (χ0v) is 8.64. The van der Waals surface area contributed by atoms with Gasteiger partial charge in [0.25, 0.3) is 0 Å². The van der Waals surface area contributed by atoms with Crippen molar-refractivity contribution < 1.29 is 9.90 Å². The van der Waals surface area contributed by atoms with Crippen molar-refractivity contribution in [3.05, 3.63) is 22.4 Å². The number of rotatable bonds is 5. The topological polar surface area (TPSA) is 37.3 Å². The molecule has 0 radical (unpaired) electrons. The van der Waals surface area contributed by atoms with Crippen molar-refractivity contribution in [2.45, 2.75) is 24.6 Å². The second-order valence-electron chi connectivity index (χ2n) is 2.77. The first-order chi connectivity index (χ1) is 6.20. The van der Waals surface area contributed by atoms with E-state index in [1.165, 1.54) is 0 Å². The van der Waals surface area contributed by atoms with Crippen LogP contribution in [0.15, 0.2) is 17.5 Å². The van der Waals surface area contributed by atoms with Crippen molar-refractivity contribution in [2.24, 2.45) is 0 Å². The zero-order valence-electron chi connectivity index (χ0n) is 7.07. The molecule has 1 atom stereocenters. The Morgan fingerprint density at radius 2 is 2.46 bits per heavy atom. The molecule has 72 valence electrons. The molecule has 1 rings (SSSR count). The Labute approximate surface area is 86.2 Å². The van der Waals surface area contributed by atoms with Crippen LogP contribution in [0, 0.1) is 0 Å². The minimum absolute atomic E-state index is 0.0284. The molecule has 0 aromatic carbocycles. The third-order valence-corrected chi connectivity index (χ3v) is 3.27. The van der Waals surface area contributed by atoms with E-state index in [0.29, 0.717) is 6.42 Å². The average molecular weight is 219 g/mol. The number of hydrogen-bond donors (Lipinski definition) is 1. The molecule has 2 nitrogen and oxygen atoms in total. The minimum Gasteiger partial charge on any atom is -0.481 e. The summed E-state index contributed by atoms with van der Waals surface area (Å²) in [6.07, 6.45) is 1.57. The Morgan fingerprint density at radius 3 is 3.00 bits per heavy atom. The monoisotopic (exact) mass is 218 g/mol. The first-order valence-electron chi connectivity index (χ1n) is 4.09. The Morgan fingerprint density at radius 1 is 1.69 bits per heavy atom. The van der Waals surface area contributed by atoms with E-state index in [2.05, 4.69) is 0 Å². The van der Waals surface area contributed by atoms with Crippen LogP contribution in [0.4, 0.5) is 0 Å². The SMILES string of the molecule is O=C(O)CCCC(Cl)c1cccs1. The molecule has 0 aliphatic rings. The molecule has 0 aliphatic heterocycles. The largest absolute Gasteiger partial charge is 0.481 e. The Balaban J connectivity index is 2.26. The van der Waals surface area contributed by atoms with Gasteiger partial charge in [0.15, 0.2) is 0 Å². The van der Waals surface area contributed by atoms with Crippen LogP contribution in [0.2, 0.25) is 0 Å². The van der Waals surface area contributed by atoms with Crippen LogP contribution < -0.4 is 0 Å². The molecule has 0 saturated carbocycles. The van der Waals surface area contributed by atoms with E-state index in [0.717, 1.165) is 11.3 Å². The zero-order chi connectivity index (χ0) is 9.68. The Hall–Kier alpha value is -0.540. The minimum atomic E-state index is -0.755. The highest BCUT2D eigenvalue weighted by Crippen LogP contribution is 2.29. The van der Waals surface area contributed by atoms with E-state index in [4.69, 9.17) is 16.7 Å². The number of carboxylic acids is 1. The van der Waals surface area contributed by atoms with Crippen molar-refractivity contribution in [1.29, 1.82) is 0 Å². The van der Waals surface area contributed by atoms with Gasteiger partial charge in [-0.1, -0.05) is 6.07 Å². The van der Waals surface area contributed by atoms with E-state index in [1.54, 1.807) is 11.3 Å². The van der Waals surface area contributed by atoms with Crippen LogP contribution in [0.25, 0.3) is 0 Å². The van der Waals surface area contributed by atoms with Gasteiger partial charge in [0, 0.05) is 11.3 Å². The normalized spacial score (nSPS) is 12.7. The fourth-order valence-electron chi connectivity index (χ4n) is 1.04. The van der Waals surface area contributed by atoms with Crippen molar-refractivity contribution in [3.63, 3.8) is 0 Å².